The Morgan fingerprint density at radius 1 is 1.25 bits per heavy atom. The van der Waals surface area contributed by atoms with Gasteiger partial charge in [0.15, 0.2) is 9.84 Å². The first-order valence-corrected chi connectivity index (χ1v) is 9.75. The molecular weight excluding hydrogens is 330 g/mol. The summed E-state index contributed by atoms with van der Waals surface area (Å²) in [4.78, 5) is 25.6. The van der Waals surface area contributed by atoms with Gasteiger partial charge in [-0.1, -0.05) is 29.8 Å². The zero-order valence-corrected chi connectivity index (χ0v) is 14.8. The van der Waals surface area contributed by atoms with Gasteiger partial charge in [-0.3, -0.25) is 9.59 Å². The Hall–Kier alpha value is -1.89. The fourth-order valence-corrected chi connectivity index (χ4v) is 4.56. The van der Waals surface area contributed by atoms with Crippen molar-refractivity contribution in [2.24, 2.45) is 0 Å². The molecule has 2 rings (SSSR count). The molecule has 0 spiro atoms. The van der Waals surface area contributed by atoms with Gasteiger partial charge < -0.3 is 9.64 Å². The third-order valence-corrected chi connectivity index (χ3v) is 5.98. The normalized spacial score (nSPS) is 19.0. The van der Waals surface area contributed by atoms with E-state index in [1.165, 1.54) is 12.0 Å². The summed E-state index contributed by atoms with van der Waals surface area (Å²) in [5.41, 5.74) is 1.98. The number of hydrogen-bond acceptors (Lipinski definition) is 5. The Morgan fingerprint density at radius 2 is 1.92 bits per heavy atom. The molecule has 0 aromatic heterocycles. The van der Waals surface area contributed by atoms with Crippen LogP contribution < -0.4 is 0 Å². The lowest BCUT2D eigenvalue weighted by Gasteiger charge is -2.28. The molecule has 1 aliphatic rings. The van der Waals surface area contributed by atoms with E-state index in [1.54, 1.807) is 0 Å². The van der Waals surface area contributed by atoms with E-state index >= 15 is 0 Å². The fourth-order valence-electron chi connectivity index (χ4n) is 2.83. The molecule has 0 N–H and O–H groups in total. The number of ether oxygens (including phenoxy) is 1. The maximum atomic E-state index is 12.7. The van der Waals surface area contributed by atoms with Crippen molar-refractivity contribution in [2.75, 3.05) is 25.2 Å². The monoisotopic (exact) mass is 353 g/mol. The third-order valence-electron chi connectivity index (χ3n) is 4.23. The molecule has 1 amide bonds. The first kappa shape index (κ1) is 18.4. The summed E-state index contributed by atoms with van der Waals surface area (Å²) >= 11 is 0. The smallest absolute Gasteiger partial charge is 0.307 e. The SMILES string of the molecule is COC(=O)CCN(C(=O)Cc1ccc(C)cc1)[C@@H]1CCS(=O)(=O)C1. The topological polar surface area (TPSA) is 80.8 Å². The molecule has 24 heavy (non-hydrogen) atoms. The summed E-state index contributed by atoms with van der Waals surface area (Å²) in [6.45, 7) is 2.15. The molecule has 1 aliphatic heterocycles. The zero-order valence-electron chi connectivity index (χ0n) is 14.0. The molecule has 0 unspecified atom stereocenters. The molecule has 7 heteroatoms. The number of hydrogen-bond donors (Lipinski definition) is 0. The predicted octanol–water partition coefficient (Wildman–Crippen LogP) is 1.12. The van der Waals surface area contributed by atoms with Crippen LogP contribution >= 0.6 is 0 Å². The van der Waals surface area contributed by atoms with E-state index in [0.29, 0.717) is 6.42 Å². The van der Waals surface area contributed by atoms with Crippen molar-refractivity contribution in [3.8, 4) is 0 Å². The maximum Gasteiger partial charge on any atom is 0.307 e. The van der Waals surface area contributed by atoms with Crippen molar-refractivity contribution in [2.45, 2.75) is 32.2 Å². The molecule has 1 aromatic carbocycles. The first-order chi connectivity index (χ1) is 11.3. The van der Waals surface area contributed by atoms with Crippen LogP contribution in [0.5, 0.6) is 0 Å². The van der Waals surface area contributed by atoms with Crippen molar-refractivity contribution in [1.29, 1.82) is 0 Å². The number of nitrogens with zero attached hydrogens (tertiary/aromatic N) is 1. The highest BCUT2D eigenvalue weighted by Gasteiger charge is 2.34. The number of benzene rings is 1. The number of esters is 1. The summed E-state index contributed by atoms with van der Waals surface area (Å²) in [5.74, 6) is -0.522. The lowest BCUT2D eigenvalue weighted by Crippen LogP contribution is -2.43. The predicted molar refractivity (Wildman–Crippen MR) is 90.3 cm³/mol. The average molecular weight is 353 g/mol. The number of rotatable bonds is 6. The van der Waals surface area contributed by atoms with Gasteiger partial charge in [0.2, 0.25) is 5.91 Å². The lowest BCUT2D eigenvalue weighted by molar-refractivity contribution is -0.142. The van der Waals surface area contributed by atoms with Crippen molar-refractivity contribution in [3.05, 3.63) is 35.4 Å². The van der Waals surface area contributed by atoms with Crippen molar-refractivity contribution in [3.63, 3.8) is 0 Å². The number of methoxy groups -OCH3 is 1. The Kier molecular flexibility index (Phi) is 5.99. The second-order valence-corrected chi connectivity index (χ2v) is 8.36. The highest BCUT2D eigenvalue weighted by molar-refractivity contribution is 7.91. The minimum absolute atomic E-state index is 0.0339. The van der Waals surface area contributed by atoms with Crippen molar-refractivity contribution < 1.29 is 22.7 Å². The maximum absolute atomic E-state index is 12.7. The van der Waals surface area contributed by atoms with Gasteiger partial charge in [-0.15, -0.1) is 0 Å². The number of carbonyl (C=O) groups is 2. The van der Waals surface area contributed by atoms with Gasteiger partial charge in [-0.25, -0.2) is 8.42 Å². The van der Waals surface area contributed by atoms with Gasteiger partial charge in [0.25, 0.3) is 0 Å². The number of sulfone groups is 1. The van der Waals surface area contributed by atoms with E-state index in [0.717, 1.165) is 11.1 Å². The molecule has 0 bridgehead atoms. The molecular formula is C17H23NO5S. The molecule has 132 valence electrons. The summed E-state index contributed by atoms with van der Waals surface area (Å²) in [7, 11) is -1.81. The Bertz CT molecular complexity index is 696. The van der Waals surface area contributed by atoms with Gasteiger partial charge >= 0.3 is 5.97 Å². The van der Waals surface area contributed by atoms with E-state index in [2.05, 4.69) is 4.74 Å². The second-order valence-electron chi connectivity index (χ2n) is 6.13. The van der Waals surface area contributed by atoms with Crippen LogP contribution in [0.25, 0.3) is 0 Å². The molecule has 1 fully saturated rings. The molecule has 0 aliphatic carbocycles. The quantitative estimate of drug-likeness (QED) is 0.716. The van der Waals surface area contributed by atoms with Gasteiger partial charge in [-0.2, -0.15) is 0 Å². The van der Waals surface area contributed by atoms with Crippen LogP contribution in [-0.4, -0.2) is 56.4 Å². The Morgan fingerprint density at radius 3 is 2.46 bits per heavy atom. The minimum atomic E-state index is -3.11. The third kappa shape index (κ3) is 5.06. The second kappa shape index (κ2) is 7.79. The van der Waals surface area contributed by atoms with E-state index < -0.39 is 15.8 Å². The Balaban J connectivity index is 2.10. The molecule has 1 heterocycles. The van der Waals surface area contributed by atoms with Gasteiger partial charge in [0.1, 0.15) is 0 Å². The summed E-state index contributed by atoms with van der Waals surface area (Å²) < 4.78 is 28.1. The minimum Gasteiger partial charge on any atom is -0.469 e. The van der Waals surface area contributed by atoms with Crippen LogP contribution in [0.1, 0.15) is 24.0 Å². The standard InChI is InChI=1S/C17H23NO5S/c1-13-3-5-14(6-4-13)11-16(19)18(9-7-17(20)23-2)15-8-10-24(21,22)12-15/h3-6,15H,7-12H2,1-2H3/t15-/m1/s1. The van der Waals surface area contributed by atoms with Crippen molar-refractivity contribution >= 4 is 21.7 Å². The van der Waals surface area contributed by atoms with Gasteiger partial charge in [0.05, 0.1) is 31.5 Å². The molecule has 0 saturated carbocycles. The first-order valence-electron chi connectivity index (χ1n) is 7.93. The number of aryl methyl sites for hydroxylation is 1. The summed E-state index contributed by atoms with van der Waals surface area (Å²) in [5, 5.41) is 0. The summed E-state index contributed by atoms with van der Waals surface area (Å²) in [6.07, 6.45) is 0.674. The molecule has 0 radical (unpaired) electrons. The molecule has 1 aromatic rings. The summed E-state index contributed by atoms with van der Waals surface area (Å²) in [6, 6.07) is 7.27. The largest absolute Gasteiger partial charge is 0.469 e. The molecule has 1 saturated heterocycles. The van der Waals surface area contributed by atoms with Gasteiger partial charge in [-0.05, 0) is 18.9 Å². The highest BCUT2D eigenvalue weighted by atomic mass is 32.2. The average Bonchev–Trinajstić information content (AvgIpc) is 2.89. The molecule has 1 atom stereocenters. The lowest BCUT2D eigenvalue weighted by atomic mass is 10.1. The van der Waals surface area contributed by atoms with Crippen LogP contribution in [-0.2, 0) is 30.6 Å². The number of amides is 1. The zero-order chi connectivity index (χ0) is 17.7. The van der Waals surface area contributed by atoms with Gasteiger partial charge in [0, 0.05) is 12.6 Å². The highest BCUT2D eigenvalue weighted by Crippen LogP contribution is 2.19. The van der Waals surface area contributed by atoms with E-state index in [1.807, 2.05) is 31.2 Å². The van der Waals surface area contributed by atoms with E-state index in [4.69, 9.17) is 0 Å². The van der Waals surface area contributed by atoms with Crippen LogP contribution in [0, 0.1) is 6.92 Å². The van der Waals surface area contributed by atoms with Crippen LogP contribution in [0.2, 0.25) is 0 Å². The van der Waals surface area contributed by atoms with E-state index in [9.17, 15) is 18.0 Å². The van der Waals surface area contributed by atoms with Crippen molar-refractivity contribution in [1.82, 2.24) is 4.90 Å². The Labute approximate surface area is 142 Å². The van der Waals surface area contributed by atoms with Crippen LogP contribution in [0.3, 0.4) is 0 Å². The fraction of sp³-hybridized carbons (Fsp3) is 0.529. The van der Waals surface area contributed by atoms with E-state index in [-0.39, 0.29) is 42.8 Å². The van der Waals surface area contributed by atoms with Crippen LogP contribution in [0.15, 0.2) is 24.3 Å². The van der Waals surface area contributed by atoms with Crippen LogP contribution in [0.4, 0.5) is 0 Å². The number of carbonyl (C=O) groups excluding carboxylic acids is 2. The molecule has 6 nitrogen and oxygen atoms in total.